The molecule has 0 aliphatic heterocycles. The zero-order chi connectivity index (χ0) is 11.5. The monoisotopic (exact) mass is 219 g/mol. The van der Waals surface area contributed by atoms with Crippen LogP contribution in [0.25, 0.3) is 10.9 Å². The van der Waals surface area contributed by atoms with Crippen molar-refractivity contribution in [1.82, 2.24) is 9.55 Å². The SMILES string of the molecule is Cc1cc2ccn(CCCCN)c2c(=O)[nH]1. The predicted molar refractivity (Wildman–Crippen MR) is 65.6 cm³/mol. The summed E-state index contributed by atoms with van der Waals surface area (Å²) in [7, 11) is 0. The Labute approximate surface area is 94.1 Å². The maximum Gasteiger partial charge on any atom is 0.272 e. The number of fused-ring (bicyclic) bond motifs is 1. The number of hydrogen-bond acceptors (Lipinski definition) is 2. The van der Waals surface area contributed by atoms with Gasteiger partial charge in [0.15, 0.2) is 0 Å². The molecule has 0 spiro atoms. The van der Waals surface area contributed by atoms with Crippen molar-refractivity contribution in [2.24, 2.45) is 5.73 Å². The lowest BCUT2D eigenvalue weighted by Crippen LogP contribution is -2.12. The lowest BCUT2D eigenvalue weighted by molar-refractivity contribution is 0.629. The van der Waals surface area contributed by atoms with E-state index in [2.05, 4.69) is 4.98 Å². The number of nitrogens with zero attached hydrogens (tertiary/aromatic N) is 1. The van der Waals surface area contributed by atoms with E-state index < -0.39 is 0 Å². The van der Waals surface area contributed by atoms with E-state index in [1.807, 2.05) is 29.8 Å². The number of aromatic nitrogens is 2. The number of nitrogens with two attached hydrogens (primary N) is 1. The van der Waals surface area contributed by atoms with Crippen LogP contribution < -0.4 is 11.3 Å². The summed E-state index contributed by atoms with van der Waals surface area (Å²) in [5.74, 6) is 0. The molecule has 0 bridgehead atoms. The molecule has 4 nitrogen and oxygen atoms in total. The van der Waals surface area contributed by atoms with Crippen LogP contribution >= 0.6 is 0 Å². The van der Waals surface area contributed by atoms with E-state index in [-0.39, 0.29) is 5.56 Å². The van der Waals surface area contributed by atoms with E-state index in [0.717, 1.165) is 36.0 Å². The molecule has 0 unspecified atom stereocenters. The zero-order valence-corrected chi connectivity index (χ0v) is 9.49. The highest BCUT2D eigenvalue weighted by molar-refractivity contribution is 5.79. The van der Waals surface area contributed by atoms with Crippen LogP contribution in [0.1, 0.15) is 18.5 Å². The van der Waals surface area contributed by atoms with Crippen LogP contribution in [0.3, 0.4) is 0 Å². The molecule has 2 heterocycles. The van der Waals surface area contributed by atoms with Gasteiger partial charge in [0.25, 0.3) is 5.56 Å². The molecule has 2 aromatic heterocycles. The third-order valence-electron chi connectivity index (χ3n) is 2.75. The van der Waals surface area contributed by atoms with Gasteiger partial charge in [0.1, 0.15) is 5.52 Å². The Kier molecular flexibility index (Phi) is 3.10. The van der Waals surface area contributed by atoms with Gasteiger partial charge in [-0.25, -0.2) is 0 Å². The minimum atomic E-state index is -0.00671. The van der Waals surface area contributed by atoms with E-state index in [4.69, 9.17) is 5.73 Å². The summed E-state index contributed by atoms with van der Waals surface area (Å²) in [5.41, 5.74) is 7.11. The Balaban J connectivity index is 2.37. The molecule has 0 aliphatic rings. The molecular formula is C12H17N3O. The van der Waals surface area contributed by atoms with Gasteiger partial charge in [-0.15, -0.1) is 0 Å². The van der Waals surface area contributed by atoms with Crippen LogP contribution in [-0.2, 0) is 6.54 Å². The molecule has 4 heteroatoms. The molecule has 0 fully saturated rings. The number of unbranched alkanes of at least 4 members (excludes halogenated alkanes) is 1. The van der Waals surface area contributed by atoms with Gasteiger partial charge >= 0.3 is 0 Å². The van der Waals surface area contributed by atoms with Gasteiger partial charge in [-0.05, 0) is 38.4 Å². The van der Waals surface area contributed by atoms with Crippen molar-refractivity contribution in [1.29, 1.82) is 0 Å². The van der Waals surface area contributed by atoms with Crippen molar-refractivity contribution < 1.29 is 0 Å². The lowest BCUT2D eigenvalue weighted by Gasteiger charge is -2.04. The quantitative estimate of drug-likeness (QED) is 0.763. The zero-order valence-electron chi connectivity index (χ0n) is 9.49. The molecule has 0 aliphatic carbocycles. The molecule has 0 aromatic carbocycles. The van der Waals surface area contributed by atoms with Crippen molar-refractivity contribution in [3.63, 3.8) is 0 Å². The second-order valence-corrected chi connectivity index (χ2v) is 4.09. The van der Waals surface area contributed by atoms with Crippen LogP contribution in [0.4, 0.5) is 0 Å². The first-order valence-electron chi connectivity index (χ1n) is 5.61. The van der Waals surface area contributed by atoms with Crippen molar-refractivity contribution >= 4 is 10.9 Å². The van der Waals surface area contributed by atoms with Crippen LogP contribution in [0.2, 0.25) is 0 Å². The van der Waals surface area contributed by atoms with Crippen molar-refractivity contribution in [2.45, 2.75) is 26.3 Å². The third kappa shape index (κ3) is 2.02. The molecule has 3 N–H and O–H groups in total. The van der Waals surface area contributed by atoms with Gasteiger partial charge < -0.3 is 15.3 Å². The van der Waals surface area contributed by atoms with E-state index in [9.17, 15) is 4.79 Å². The van der Waals surface area contributed by atoms with Gasteiger partial charge in [-0.3, -0.25) is 4.79 Å². The van der Waals surface area contributed by atoms with Crippen LogP contribution in [-0.4, -0.2) is 16.1 Å². The van der Waals surface area contributed by atoms with E-state index in [1.165, 1.54) is 0 Å². The fraction of sp³-hybridized carbons (Fsp3) is 0.417. The van der Waals surface area contributed by atoms with Gasteiger partial charge in [0, 0.05) is 23.8 Å². The normalized spacial score (nSPS) is 11.1. The number of pyridine rings is 1. The maximum absolute atomic E-state index is 11.8. The Bertz CT molecular complexity index is 539. The molecule has 16 heavy (non-hydrogen) atoms. The molecule has 0 radical (unpaired) electrons. The first-order valence-corrected chi connectivity index (χ1v) is 5.61. The highest BCUT2D eigenvalue weighted by atomic mass is 16.1. The number of aryl methyl sites for hydroxylation is 2. The summed E-state index contributed by atoms with van der Waals surface area (Å²) >= 11 is 0. The van der Waals surface area contributed by atoms with Crippen LogP contribution in [0.5, 0.6) is 0 Å². The smallest absolute Gasteiger partial charge is 0.272 e. The largest absolute Gasteiger partial charge is 0.343 e. The van der Waals surface area contributed by atoms with Gasteiger partial charge in [0.05, 0.1) is 0 Å². The summed E-state index contributed by atoms with van der Waals surface area (Å²) in [6.45, 7) is 3.45. The van der Waals surface area contributed by atoms with E-state index >= 15 is 0 Å². The number of hydrogen-bond donors (Lipinski definition) is 2. The molecule has 0 amide bonds. The van der Waals surface area contributed by atoms with Crippen LogP contribution in [0, 0.1) is 6.92 Å². The average Bonchev–Trinajstić information content (AvgIpc) is 2.62. The molecular weight excluding hydrogens is 202 g/mol. The molecule has 0 atom stereocenters. The fourth-order valence-electron chi connectivity index (χ4n) is 1.99. The molecule has 0 saturated carbocycles. The first kappa shape index (κ1) is 11.0. The van der Waals surface area contributed by atoms with Crippen molar-refractivity contribution in [3.05, 3.63) is 34.4 Å². The average molecular weight is 219 g/mol. The summed E-state index contributed by atoms with van der Waals surface area (Å²) in [5, 5.41) is 1.01. The van der Waals surface area contributed by atoms with E-state index in [1.54, 1.807) is 0 Å². The lowest BCUT2D eigenvalue weighted by atomic mass is 10.2. The number of nitrogens with one attached hydrogen (secondary N) is 1. The second kappa shape index (κ2) is 4.53. The standard InChI is InChI=1S/C12H17N3O/c1-9-8-10-4-7-15(6-3-2-5-13)11(10)12(16)14-9/h4,7-8H,2-3,5-6,13H2,1H3,(H,14,16). The summed E-state index contributed by atoms with van der Waals surface area (Å²) in [4.78, 5) is 14.6. The van der Waals surface area contributed by atoms with Gasteiger partial charge in [-0.2, -0.15) is 0 Å². The number of aromatic amines is 1. The molecule has 2 rings (SSSR count). The van der Waals surface area contributed by atoms with Crippen molar-refractivity contribution in [2.75, 3.05) is 6.54 Å². The summed E-state index contributed by atoms with van der Waals surface area (Å²) < 4.78 is 2.00. The third-order valence-corrected chi connectivity index (χ3v) is 2.75. The predicted octanol–water partition coefficient (Wildman–Crippen LogP) is 1.38. The minimum Gasteiger partial charge on any atom is -0.343 e. The Hall–Kier alpha value is -1.55. The molecule has 0 saturated heterocycles. The van der Waals surface area contributed by atoms with Crippen molar-refractivity contribution in [3.8, 4) is 0 Å². The highest BCUT2D eigenvalue weighted by Gasteiger charge is 2.05. The van der Waals surface area contributed by atoms with Crippen LogP contribution in [0.15, 0.2) is 23.1 Å². The first-order chi connectivity index (χ1) is 7.72. The number of H-pyrrole nitrogens is 1. The van der Waals surface area contributed by atoms with E-state index in [0.29, 0.717) is 6.54 Å². The molecule has 86 valence electrons. The summed E-state index contributed by atoms with van der Waals surface area (Å²) in [6.07, 6.45) is 3.97. The summed E-state index contributed by atoms with van der Waals surface area (Å²) in [6, 6.07) is 3.98. The maximum atomic E-state index is 11.8. The topological polar surface area (TPSA) is 63.8 Å². The highest BCUT2D eigenvalue weighted by Crippen LogP contribution is 2.12. The Morgan fingerprint density at radius 2 is 2.25 bits per heavy atom. The fourth-order valence-corrected chi connectivity index (χ4v) is 1.99. The van der Waals surface area contributed by atoms with Gasteiger partial charge in [-0.1, -0.05) is 0 Å². The minimum absolute atomic E-state index is 0.00671. The number of rotatable bonds is 4. The Morgan fingerprint density at radius 3 is 3.00 bits per heavy atom. The Morgan fingerprint density at radius 1 is 1.44 bits per heavy atom. The molecule has 2 aromatic rings. The van der Waals surface area contributed by atoms with Gasteiger partial charge in [0.2, 0.25) is 0 Å². The second-order valence-electron chi connectivity index (χ2n) is 4.09.